The Bertz CT molecular complexity index is 329. The van der Waals surface area contributed by atoms with Crippen LogP contribution in [0.5, 0.6) is 0 Å². The number of hydrogen-bond acceptors (Lipinski definition) is 6. The van der Waals surface area contributed by atoms with E-state index < -0.39 is 11.9 Å². The highest BCUT2D eigenvalue weighted by Crippen LogP contribution is 2.04. The largest absolute Gasteiger partial charge is 0.463 e. The fraction of sp³-hybridized carbons (Fsp3) is 0.778. The third-order valence-electron chi connectivity index (χ3n) is 3.38. The van der Waals surface area contributed by atoms with E-state index >= 15 is 0 Å². The second-order valence-electron chi connectivity index (χ2n) is 6.07. The zero-order valence-corrected chi connectivity index (χ0v) is 14.9. The topological polar surface area (TPSA) is 93.1 Å². The molecule has 0 aromatic heterocycles. The molecular formula is C18H32O6. The Hall–Kier alpha value is -1.40. The fourth-order valence-corrected chi connectivity index (χ4v) is 2.02. The second kappa shape index (κ2) is 15.1. The standard InChI is InChI=1S/C18H32O6/c1-15(19)9-5-3-7-13-23-17(21)11-12-18(22)24-14-8-4-6-10-16(2)20/h11-12,15-16,19-20H,3-10,13-14H2,1-2H3/b12-11-. The molecule has 2 atom stereocenters. The molecule has 0 fully saturated rings. The first-order valence-corrected chi connectivity index (χ1v) is 8.79. The van der Waals surface area contributed by atoms with Crippen molar-refractivity contribution in [3.63, 3.8) is 0 Å². The third-order valence-corrected chi connectivity index (χ3v) is 3.38. The molecule has 0 aliphatic heterocycles. The van der Waals surface area contributed by atoms with Gasteiger partial charge in [0, 0.05) is 12.2 Å². The molecule has 0 saturated carbocycles. The Morgan fingerprint density at radius 1 is 0.750 bits per heavy atom. The summed E-state index contributed by atoms with van der Waals surface area (Å²) in [6, 6.07) is 0. The number of aliphatic hydroxyl groups is 2. The Labute approximate surface area is 144 Å². The fourth-order valence-electron chi connectivity index (χ4n) is 2.02. The molecule has 0 aromatic rings. The molecular weight excluding hydrogens is 312 g/mol. The van der Waals surface area contributed by atoms with Crippen LogP contribution in [0.3, 0.4) is 0 Å². The van der Waals surface area contributed by atoms with Gasteiger partial charge in [0.2, 0.25) is 0 Å². The van der Waals surface area contributed by atoms with Gasteiger partial charge in [-0.05, 0) is 52.4 Å². The van der Waals surface area contributed by atoms with Crippen molar-refractivity contribution in [1.29, 1.82) is 0 Å². The van der Waals surface area contributed by atoms with E-state index in [1.165, 1.54) is 0 Å². The molecule has 2 N–H and O–H groups in total. The quantitative estimate of drug-likeness (QED) is 0.286. The highest BCUT2D eigenvalue weighted by Gasteiger charge is 2.02. The van der Waals surface area contributed by atoms with E-state index in [0.29, 0.717) is 13.2 Å². The highest BCUT2D eigenvalue weighted by atomic mass is 16.5. The number of carbonyl (C=O) groups excluding carboxylic acids is 2. The van der Waals surface area contributed by atoms with Crippen LogP contribution >= 0.6 is 0 Å². The molecule has 0 bridgehead atoms. The van der Waals surface area contributed by atoms with Crippen molar-refractivity contribution in [3.05, 3.63) is 12.2 Å². The monoisotopic (exact) mass is 344 g/mol. The Kier molecular flexibility index (Phi) is 14.3. The number of hydrogen-bond donors (Lipinski definition) is 2. The molecule has 6 nitrogen and oxygen atoms in total. The van der Waals surface area contributed by atoms with E-state index in [9.17, 15) is 9.59 Å². The van der Waals surface area contributed by atoms with Crippen LogP contribution in [0, 0.1) is 0 Å². The molecule has 24 heavy (non-hydrogen) atoms. The number of ether oxygens (including phenoxy) is 2. The number of rotatable bonds is 14. The van der Waals surface area contributed by atoms with Gasteiger partial charge in [0.05, 0.1) is 25.4 Å². The van der Waals surface area contributed by atoms with Crippen molar-refractivity contribution in [2.24, 2.45) is 0 Å². The lowest BCUT2D eigenvalue weighted by Crippen LogP contribution is -2.06. The minimum Gasteiger partial charge on any atom is -0.463 e. The summed E-state index contributed by atoms with van der Waals surface area (Å²) in [6.45, 7) is 4.11. The maximum Gasteiger partial charge on any atom is 0.331 e. The molecule has 6 heteroatoms. The maximum atomic E-state index is 11.4. The van der Waals surface area contributed by atoms with Crippen LogP contribution in [0.25, 0.3) is 0 Å². The molecule has 0 aromatic carbocycles. The first kappa shape index (κ1) is 22.6. The minimum absolute atomic E-state index is 0.292. The maximum absolute atomic E-state index is 11.4. The highest BCUT2D eigenvalue weighted by molar-refractivity contribution is 5.91. The van der Waals surface area contributed by atoms with Gasteiger partial charge >= 0.3 is 11.9 Å². The summed E-state index contributed by atoms with van der Waals surface area (Å²) in [5, 5.41) is 18.2. The van der Waals surface area contributed by atoms with Crippen molar-refractivity contribution in [1.82, 2.24) is 0 Å². The van der Waals surface area contributed by atoms with Crippen molar-refractivity contribution in [2.75, 3.05) is 13.2 Å². The van der Waals surface area contributed by atoms with Gasteiger partial charge in [-0.25, -0.2) is 9.59 Å². The Morgan fingerprint density at radius 3 is 1.46 bits per heavy atom. The van der Waals surface area contributed by atoms with Crippen LogP contribution in [-0.4, -0.2) is 47.6 Å². The summed E-state index contributed by atoms with van der Waals surface area (Å²) in [5.41, 5.74) is 0. The van der Waals surface area contributed by atoms with Crippen LogP contribution < -0.4 is 0 Å². The summed E-state index contributed by atoms with van der Waals surface area (Å²) in [4.78, 5) is 22.8. The SMILES string of the molecule is CC(O)CCCCCOC(=O)/C=C\C(=O)OCCCCCC(C)O. The Balaban J connectivity index is 3.54. The smallest absolute Gasteiger partial charge is 0.331 e. The van der Waals surface area contributed by atoms with Gasteiger partial charge in [0.15, 0.2) is 0 Å². The average Bonchev–Trinajstić information content (AvgIpc) is 2.51. The summed E-state index contributed by atoms with van der Waals surface area (Å²) in [5.74, 6) is -1.11. The van der Waals surface area contributed by atoms with E-state index in [1.807, 2.05) is 0 Å². The van der Waals surface area contributed by atoms with E-state index in [4.69, 9.17) is 19.7 Å². The molecule has 0 aliphatic carbocycles. The van der Waals surface area contributed by atoms with Gasteiger partial charge in [-0.1, -0.05) is 12.8 Å². The lowest BCUT2D eigenvalue weighted by molar-refractivity contribution is -0.140. The first-order chi connectivity index (χ1) is 11.4. The van der Waals surface area contributed by atoms with Crippen LogP contribution in [0.2, 0.25) is 0 Å². The summed E-state index contributed by atoms with van der Waals surface area (Å²) in [6.07, 6.45) is 8.11. The van der Waals surface area contributed by atoms with E-state index in [1.54, 1.807) is 13.8 Å². The van der Waals surface area contributed by atoms with Crippen molar-refractivity contribution < 1.29 is 29.3 Å². The van der Waals surface area contributed by atoms with E-state index in [-0.39, 0.29) is 12.2 Å². The average molecular weight is 344 g/mol. The summed E-state index contributed by atoms with van der Waals surface area (Å²) < 4.78 is 9.92. The molecule has 2 unspecified atom stereocenters. The number of esters is 2. The predicted octanol–water partition coefficient (Wildman–Crippen LogP) is 2.51. The summed E-state index contributed by atoms with van der Waals surface area (Å²) in [7, 11) is 0. The molecule has 0 aliphatic rings. The molecule has 0 rings (SSSR count). The molecule has 0 spiro atoms. The molecule has 140 valence electrons. The predicted molar refractivity (Wildman–Crippen MR) is 91.4 cm³/mol. The molecule has 0 saturated heterocycles. The Morgan fingerprint density at radius 2 is 1.12 bits per heavy atom. The van der Waals surface area contributed by atoms with Crippen LogP contribution in [-0.2, 0) is 19.1 Å². The lowest BCUT2D eigenvalue weighted by atomic mass is 10.1. The van der Waals surface area contributed by atoms with Gasteiger partial charge in [-0.2, -0.15) is 0 Å². The first-order valence-electron chi connectivity index (χ1n) is 8.79. The van der Waals surface area contributed by atoms with Gasteiger partial charge in [0.25, 0.3) is 0 Å². The third kappa shape index (κ3) is 17.0. The van der Waals surface area contributed by atoms with E-state index in [0.717, 1.165) is 63.5 Å². The van der Waals surface area contributed by atoms with Crippen molar-refractivity contribution in [2.45, 2.75) is 77.4 Å². The number of aliphatic hydroxyl groups excluding tert-OH is 2. The molecule has 0 heterocycles. The second-order valence-corrected chi connectivity index (χ2v) is 6.07. The van der Waals surface area contributed by atoms with Crippen LogP contribution in [0.15, 0.2) is 12.2 Å². The van der Waals surface area contributed by atoms with E-state index in [2.05, 4.69) is 0 Å². The van der Waals surface area contributed by atoms with Crippen molar-refractivity contribution in [3.8, 4) is 0 Å². The lowest BCUT2D eigenvalue weighted by Gasteiger charge is -2.05. The van der Waals surface area contributed by atoms with Crippen LogP contribution in [0.4, 0.5) is 0 Å². The number of unbranched alkanes of at least 4 members (excludes halogenated alkanes) is 4. The van der Waals surface area contributed by atoms with Crippen molar-refractivity contribution >= 4 is 11.9 Å². The molecule has 0 radical (unpaired) electrons. The van der Waals surface area contributed by atoms with Gasteiger partial charge in [-0.15, -0.1) is 0 Å². The zero-order chi connectivity index (χ0) is 18.2. The van der Waals surface area contributed by atoms with Crippen LogP contribution in [0.1, 0.15) is 65.2 Å². The summed E-state index contributed by atoms with van der Waals surface area (Å²) >= 11 is 0. The minimum atomic E-state index is -0.556. The zero-order valence-electron chi connectivity index (χ0n) is 14.9. The normalized spacial score (nSPS) is 13.7. The van der Waals surface area contributed by atoms with Gasteiger partial charge in [-0.3, -0.25) is 0 Å². The number of carbonyl (C=O) groups is 2. The van der Waals surface area contributed by atoms with Gasteiger partial charge in [0.1, 0.15) is 0 Å². The molecule has 0 amide bonds. The van der Waals surface area contributed by atoms with Gasteiger partial charge < -0.3 is 19.7 Å².